The molecule has 0 amide bonds. The van der Waals surface area contributed by atoms with Crippen molar-refractivity contribution in [2.75, 3.05) is 13.1 Å². The highest BCUT2D eigenvalue weighted by Gasteiger charge is 2.14. The summed E-state index contributed by atoms with van der Waals surface area (Å²) in [4.78, 5) is 15.6. The van der Waals surface area contributed by atoms with Gasteiger partial charge in [-0.1, -0.05) is 17.8 Å². The van der Waals surface area contributed by atoms with E-state index in [0.717, 1.165) is 28.2 Å². The molecule has 4 heterocycles. The Hall–Kier alpha value is -2.44. The number of H-pyrrole nitrogens is 1. The minimum absolute atomic E-state index is 0.623. The van der Waals surface area contributed by atoms with Crippen molar-refractivity contribution in [1.29, 1.82) is 0 Å². The molecule has 0 unspecified atom stereocenters. The van der Waals surface area contributed by atoms with Gasteiger partial charge in [0.2, 0.25) is 0 Å². The number of piperidine rings is 1. The number of aromatic nitrogens is 3. The third kappa shape index (κ3) is 3.06. The van der Waals surface area contributed by atoms with E-state index in [4.69, 9.17) is 4.74 Å². The van der Waals surface area contributed by atoms with Crippen LogP contribution in [0, 0.1) is 0 Å². The zero-order valence-corrected chi connectivity index (χ0v) is 15.3. The molecule has 1 fully saturated rings. The molecule has 6 heteroatoms. The lowest BCUT2D eigenvalue weighted by Crippen LogP contribution is -2.28. The molecule has 5 nitrogen and oxygen atoms in total. The molecule has 4 aromatic rings. The number of ether oxygens (including phenoxy) is 1. The summed E-state index contributed by atoms with van der Waals surface area (Å²) in [5, 5.41) is 1.90. The number of hydrogen-bond acceptors (Lipinski definition) is 5. The zero-order chi connectivity index (χ0) is 17.3. The van der Waals surface area contributed by atoms with E-state index >= 15 is 0 Å². The van der Waals surface area contributed by atoms with Crippen LogP contribution < -0.4 is 4.74 Å². The molecule has 1 aliphatic heterocycles. The topological polar surface area (TPSA) is 54.0 Å². The van der Waals surface area contributed by atoms with Gasteiger partial charge in [-0.2, -0.15) is 0 Å². The van der Waals surface area contributed by atoms with Crippen LogP contribution in [0.15, 0.2) is 42.7 Å². The fourth-order valence-corrected chi connectivity index (χ4v) is 4.39. The first-order valence-electron chi connectivity index (χ1n) is 9.07. The minimum Gasteiger partial charge on any atom is -0.431 e. The number of likely N-dealkylation sites (tertiary alicyclic amines) is 1. The Morgan fingerprint density at radius 3 is 2.96 bits per heavy atom. The van der Waals surface area contributed by atoms with Crippen LogP contribution in [0.4, 0.5) is 0 Å². The summed E-state index contributed by atoms with van der Waals surface area (Å²) < 4.78 is 5.97. The predicted octanol–water partition coefficient (Wildman–Crippen LogP) is 4.95. The van der Waals surface area contributed by atoms with Crippen LogP contribution in [0.1, 0.15) is 24.8 Å². The van der Waals surface area contributed by atoms with Gasteiger partial charge in [0.05, 0.1) is 0 Å². The number of pyridine rings is 1. The van der Waals surface area contributed by atoms with Gasteiger partial charge in [-0.25, -0.2) is 9.97 Å². The molecular weight excluding hydrogens is 344 g/mol. The largest absolute Gasteiger partial charge is 0.431 e. The lowest BCUT2D eigenvalue weighted by atomic mass is 10.1. The van der Waals surface area contributed by atoms with E-state index in [1.54, 1.807) is 6.20 Å². The first-order valence-corrected chi connectivity index (χ1v) is 9.88. The number of fused-ring (bicyclic) bond motifs is 2. The summed E-state index contributed by atoms with van der Waals surface area (Å²) in [7, 11) is 0. The maximum Gasteiger partial charge on any atom is 0.281 e. The van der Waals surface area contributed by atoms with Crippen molar-refractivity contribution in [1.82, 2.24) is 19.9 Å². The first kappa shape index (κ1) is 15.8. The molecule has 1 saturated heterocycles. The molecule has 0 bridgehead atoms. The Morgan fingerprint density at radius 1 is 1.15 bits per heavy atom. The van der Waals surface area contributed by atoms with Gasteiger partial charge in [0.25, 0.3) is 5.19 Å². The van der Waals surface area contributed by atoms with Crippen molar-refractivity contribution < 1.29 is 4.74 Å². The van der Waals surface area contributed by atoms with E-state index in [1.165, 1.54) is 54.6 Å². The number of benzene rings is 1. The smallest absolute Gasteiger partial charge is 0.281 e. The van der Waals surface area contributed by atoms with Gasteiger partial charge < -0.3 is 9.72 Å². The quantitative estimate of drug-likeness (QED) is 0.557. The van der Waals surface area contributed by atoms with Crippen molar-refractivity contribution >= 4 is 32.6 Å². The summed E-state index contributed by atoms with van der Waals surface area (Å²) in [5.74, 6) is 0.794. The Morgan fingerprint density at radius 2 is 2.08 bits per heavy atom. The van der Waals surface area contributed by atoms with Gasteiger partial charge >= 0.3 is 0 Å². The number of aromatic amines is 1. The molecule has 3 aromatic heterocycles. The molecule has 132 valence electrons. The Balaban J connectivity index is 1.38. The average molecular weight is 364 g/mol. The number of thiazole rings is 1. The monoisotopic (exact) mass is 364 g/mol. The third-order valence-corrected chi connectivity index (χ3v) is 5.79. The standard InChI is InChI=1S/C20H20N4OS/c1-2-9-24(10-3-1)13-14-12-22-18-11-15(6-7-16(14)18)25-20-23-17-5-4-8-21-19(17)26-20/h4-8,11-12,22H,1-3,9-10,13H2. The average Bonchev–Trinajstić information content (AvgIpc) is 3.26. The predicted molar refractivity (Wildman–Crippen MR) is 105 cm³/mol. The number of hydrogen-bond donors (Lipinski definition) is 1. The van der Waals surface area contributed by atoms with E-state index in [-0.39, 0.29) is 0 Å². The maximum atomic E-state index is 5.97. The molecule has 0 atom stereocenters. The van der Waals surface area contributed by atoms with Gasteiger partial charge in [-0.3, -0.25) is 4.90 Å². The number of nitrogens with one attached hydrogen (secondary N) is 1. The van der Waals surface area contributed by atoms with Crippen LogP contribution in [0.2, 0.25) is 0 Å². The van der Waals surface area contributed by atoms with Gasteiger partial charge in [0, 0.05) is 35.9 Å². The fourth-order valence-electron chi connectivity index (χ4n) is 3.61. The van der Waals surface area contributed by atoms with Crippen molar-refractivity contribution in [2.24, 2.45) is 0 Å². The second-order valence-electron chi connectivity index (χ2n) is 6.77. The van der Waals surface area contributed by atoms with Crippen LogP contribution >= 0.6 is 11.3 Å². The van der Waals surface area contributed by atoms with Gasteiger partial charge in [0.15, 0.2) is 0 Å². The van der Waals surface area contributed by atoms with Gasteiger partial charge in [-0.15, -0.1) is 0 Å². The number of rotatable bonds is 4. The van der Waals surface area contributed by atoms with Crippen LogP contribution in [0.3, 0.4) is 0 Å². The van der Waals surface area contributed by atoms with Crippen LogP contribution in [-0.4, -0.2) is 32.9 Å². The Labute approximate surface area is 155 Å². The lowest BCUT2D eigenvalue weighted by Gasteiger charge is -2.26. The van der Waals surface area contributed by atoms with Crippen LogP contribution in [0.5, 0.6) is 10.9 Å². The lowest BCUT2D eigenvalue weighted by molar-refractivity contribution is 0.221. The Bertz CT molecular complexity index is 1020. The highest BCUT2D eigenvalue weighted by atomic mass is 32.1. The molecule has 5 rings (SSSR count). The summed E-state index contributed by atoms with van der Waals surface area (Å²) in [6, 6.07) is 10.1. The van der Waals surface area contributed by atoms with Crippen molar-refractivity contribution in [3.63, 3.8) is 0 Å². The molecule has 1 N–H and O–H groups in total. The molecule has 1 aliphatic rings. The molecule has 0 spiro atoms. The van der Waals surface area contributed by atoms with Crippen molar-refractivity contribution in [3.8, 4) is 10.9 Å². The molecular formula is C20H20N4OS. The van der Waals surface area contributed by atoms with Gasteiger partial charge in [0.1, 0.15) is 16.1 Å². The van der Waals surface area contributed by atoms with E-state index in [0.29, 0.717) is 5.19 Å². The Kier molecular flexibility index (Phi) is 4.07. The SMILES string of the molecule is c1cnc2sc(Oc3ccc4c(CN5CCCCC5)c[nH]c4c3)nc2c1. The molecule has 0 aliphatic carbocycles. The summed E-state index contributed by atoms with van der Waals surface area (Å²) in [5.41, 5.74) is 3.34. The minimum atomic E-state index is 0.623. The van der Waals surface area contributed by atoms with E-state index in [2.05, 4.69) is 38.2 Å². The third-order valence-electron chi connectivity index (χ3n) is 4.93. The first-order chi connectivity index (χ1) is 12.8. The zero-order valence-electron chi connectivity index (χ0n) is 14.4. The van der Waals surface area contributed by atoms with E-state index < -0.39 is 0 Å². The van der Waals surface area contributed by atoms with Crippen molar-refractivity contribution in [2.45, 2.75) is 25.8 Å². The summed E-state index contributed by atoms with van der Waals surface area (Å²) >= 11 is 1.46. The maximum absolute atomic E-state index is 5.97. The molecule has 0 saturated carbocycles. The second-order valence-corrected chi connectivity index (χ2v) is 7.71. The van der Waals surface area contributed by atoms with E-state index in [9.17, 15) is 0 Å². The summed E-state index contributed by atoms with van der Waals surface area (Å²) in [6.07, 6.45) is 7.91. The number of nitrogens with zero attached hydrogens (tertiary/aromatic N) is 3. The van der Waals surface area contributed by atoms with Crippen molar-refractivity contribution in [3.05, 3.63) is 48.3 Å². The van der Waals surface area contributed by atoms with E-state index in [1.807, 2.05) is 18.2 Å². The highest BCUT2D eigenvalue weighted by molar-refractivity contribution is 7.19. The molecule has 26 heavy (non-hydrogen) atoms. The van der Waals surface area contributed by atoms with Crippen LogP contribution in [0.25, 0.3) is 21.3 Å². The molecule has 1 aromatic carbocycles. The second kappa shape index (κ2) is 6.70. The van der Waals surface area contributed by atoms with Gasteiger partial charge in [-0.05, 0) is 55.8 Å². The molecule has 0 radical (unpaired) electrons. The fraction of sp³-hybridized carbons (Fsp3) is 0.300. The summed E-state index contributed by atoms with van der Waals surface area (Å²) in [6.45, 7) is 3.43. The van der Waals surface area contributed by atoms with Crippen LogP contribution in [-0.2, 0) is 6.54 Å². The highest BCUT2D eigenvalue weighted by Crippen LogP contribution is 2.32. The normalized spacial score (nSPS) is 15.7.